The van der Waals surface area contributed by atoms with Crippen LogP contribution in [0.4, 0.5) is 0 Å². The van der Waals surface area contributed by atoms with Crippen molar-refractivity contribution in [3.05, 3.63) is 63.3 Å². The fourth-order valence-electron chi connectivity index (χ4n) is 2.22. The summed E-state index contributed by atoms with van der Waals surface area (Å²) in [6.07, 6.45) is 1.74. The molecule has 0 aliphatic rings. The molecule has 6 heteroatoms. The summed E-state index contributed by atoms with van der Waals surface area (Å²) in [7, 11) is -1.71. The van der Waals surface area contributed by atoms with E-state index >= 15 is 0 Å². The maximum atomic E-state index is 6.06. The van der Waals surface area contributed by atoms with Gasteiger partial charge >= 0.3 is 0 Å². The number of aromatic nitrogens is 1. The molecule has 0 radical (unpaired) electrons. The predicted octanol–water partition coefficient (Wildman–Crippen LogP) is 5.84. The van der Waals surface area contributed by atoms with Crippen molar-refractivity contribution in [3.63, 3.8) is 0 Å². The number of aryl methyl sites for hydroxylation is 2. The molecule has 0 aliphatic carbocycles. The lowest BCUT2D eigenvalue weighted by atomic mass is 10.2. The van der Waals surface area contributed by atoms with Gasteiger partial charge in [-0.05, 0) is 80.9 Å². The van der Waals surface area contributed by atoms with E-state index < -0.39 is 8.32 Å². The van der Waals surface area contributed by atoms with Crippen molar-refractivity contribution in [2.24, 2.45) is 4.99 Å². The molecule has 0 saturated heterocycles. The highest BCUT2D eigenvalue weighted by Gasteiger charge is 2.16. The van der Waals surface area contributed by atoms with E-state index in [0.29, 0.717) is 5.88 Å². The van der Waals surface area contributed by atoms with Crippen LogP contribution in [-0.4, -0.2) is 19.5 Å². The summed E-state index contributed by atoms with van der Waals surface area (Å²) in [4.78, 5) is 8.73. The minimum Gasteiger partial charge on any atom is -0.532 e. The van der Waals surface area contributed by atoms with Crippen molar-refractivity contribution in [1.29, 1.82) is 0 Å². The van der Waals surface area contributed by atoms with Gasteiger partial charge in [0, 0.05) is 38.9 Å². The van der Waals surface area contributed by atoms with Crippen LogP contribution in [-0.2, 0) is 4.43 Å². The van der Waals surface area contributed by atoms with Crippen LogP contribution < -0.4 is 4.74 Å². The van der Waals surface area contributed by atoms with E-state index in [9.17, 15) is 0 Å². The number of rotatable bonds is 6. The highest BCUT2D eigenvalue weighted by atomic mass is 127. The van der Waals surface area contributed by atoms with E-state index in [4.69, 9.17) is 9.16 Å². The Morgan fingerprint density at radius 3 is 2.40 bits per heavy atom. The van der Waals surface area contributed by atoms with Crippen molar-refractivity contribution in [1.82, 2.24) is 4.98 Å². The summed E-state index contributed by atoms with van der Waals surface area (Å²) < 4.78 is 12.9. The van der Waals surface area contributed by atoms with Crippen LogP contribution in [0.1, 0.15) is 17.0 Å². The summed E-state index contributed by atoms with van der Waals surface area (Å²) in [5.74, 6) is 1.92. The Hall–Kier alpha value is -1.67. The molecule has 2 rings (SSSR count). The fourth-order valence-corrected chi connectivity index (χ4v) is 3.49. The van der Waals surface area contributed by atoms with Gasteiger partial charge in [0.2, 0.25) is 8.32 Å². The molecule has 132 valence electrons. The largest absolute Gasteiger partial charge is 0.532 e. The van der Waals surface area contributed by atoms with Crippen LogP contribution in [0.25, 0.3) is 0 Å². The Morgan fingerprint density at radius 2 is 1.80 bits per heavy atom. The van der Waals surface area contributed by atoms with Gasteiger partial charge in [0.1, 0.15) is 11.5 Å². The number of hydrogen-bond donors (Lipinski definition) is 0. The molecular formula is C19H23IN2O2Si. The number of pyridine rings is 1. The molecule has 0 spiro atoms. The molecule has 0 amide bonds. The molecule has 0 atom stereocenters. The summed E-state index contributed by atoms with van der Waals surface area (Å²) in [6.45, 7) is 14.1. The first-order valence-electron chi connectivity index (χ1n) is 7.97. The molecule has 1 aromatic carbocycles. The van der Waals surface area contributed by atoms with Gasteiger partial charge in [-0.15, -0.1) is 0 Å². The number of ether oxygens (including phenoxy) is 1. The SMILES string of the molecule is C=C(N=Cc1cc(I)ccc1Oc1cc(C)nc(C)c1)O[Si](C)(C)C. The molecule has 1 heterocycles. The third kappa shape index (κ3) is 6.62. The molecule has 0 bridgehead atoms. The zero-order valence-electron chi connectivity index (χ0n) is 15.3. The fraction of sp³-hybridized carbons (Fsp3) is 0.263. The Bertz CT molecular complexity index is 793. The average molecular weight is 466 g/mol. The molecule has 0 saturated carbocycles. The van der Waals surface area contributed by atoms with Crippen molar-refractivity contribution in [3.8, 4) is 11.5 Å². The third-order valence-corrected chi connectivity index (χ3v) is 4.55. The van der Waals surface area contributed by atoms with Gasteiger partial charge in [0.25, 0.3) is 0 Å². The zero-order valence-corrected chi connectivity index (χ0v) is 18.4. The molecule has 4 nitrogen and oxygen atoms in total. The zero-order chi connectivity index (χ0) is 18.6. The first-order chi connectivity index (χ1) is 11.6. The van der Waals surface area contributed by atoms with E-state index in [-0.39, 0.29) is 0 Å². The van der Waals surface area contributed by atoms with Crippen molar-refractivity contribution in [2.75, 3.05) is 0 Å². The maximum Gasteiger partial charge on any atom is 0.244 e. The summed E-state index contributed by atoms with van der Waals surface area (Å²) in [5, 5.41) is 0. The topological polar surface area (TPSA) is 43.7 Å². The Balaban J connectivity index is 2.26. The lowest BCUT2D eigenvalue weighted by molar-refractivity contribution is 0.421. The number of halogens is 1. The minimum absolute atomic E-state index is 0.430. The van der Waals surface area contributed by atoms with Crippen molar-refractivity contribution >= 4 is 37.1 Å². The second-order valence-electron chi connectivity index (χ2n) is 6.74. The molecule has 2 aromatic rings. The predicted molar refractivity (Wildman–Crippen MR) is 114 cm³/mol. The monoisotopic (exact) mass is 466 g/mol. The second-order valence-corrected chi connectivity index (χ2v) is 12.4. The third-order valence-electron chi connectivity index (χ3n) is 3.03. The van der Waals surface area contributed by atoms with Gasteiger partial charge in [0.15, 0.2) is 5.88 Å². The average Bonchev–Trinajstić information content (AvgIpc) is 2.44. The first-order valence-corrected chi connectivity index (χ1v) is 12.5. The number of hydrogen-bond acceptors (Lipinski definition) is 4. The molecule has 1 aromatic heterocycles. The smallest absolute Gasteiger partial charge is 0.244 e. The standard InChI is InChI=1S/C19H23IN2O2Si/c1-13-9-18(10-14(2)22-13)23-19-8-7-17(20)11-16(19)12-21-15(3)24-25(4,5)6/h7-12H,3H2,1-2,4-6H3. The van der Waals surface area contributed by atoms with E-state index in [1.165, 1.54) is 0 Å². The van der Waals surface area contributed by atoms with E-state index in [0.717, 1.165) is 32.0 Å². The quantitative estimate of drug-likeness (QED) is 0.233. The molecule has 25 heavy (non-hydrogen) atoms. The minimum atomic E-state index is -1.71. The normalized spacial score (nSPS) is 11.6. The van der Waals surface area contributed by atoms with Crippen molar-refractivity contribution in [2.45, 2.75) is 33.5 Å². The van der Waals surface area contributed by atoms with Crippen LogP contribution in [0.5, 0.6) is 11.5 Å². The van der Waals surface area contributed by atoms with E-state index in [1.54, 1.807) is 6.21 Å². The van der Waals surface area contributed by atoms with Gasteiger partial charge < -0.3 is 9.16 Å². The van der Waals surface area contributed by atoms with Crippen LogP contribution in [0, 0.1) is 17.4 Å². The highest BCUT2D eigenvalue weighted by molar-refractivity contribution is 14.1. The van der Waals surface area contributed by atoms with Gasteiger partial charge in [-0.25, -0.2) is 4.99 Å². The number of benzene rings is 1. The van der Waals surface area contributed by atoms with E-state index in [2.05, 4.69) is 58.8 Å². The Morgan fingerprint density at radius 1 is 1.16 bits per heavy atom. The summed E-state index contributed by atoms with van der Waals surface area (Å²) in [5.41, 5.74) is 2.72. The Kier molecular flexibility index (Phi) is 6.40. The van der Waals surface area contributed by atoms with Gasteiger partial charge in [-0.2, -0.15) is 0 Å². The number of nitrogens with zero attached hydrogens (tertiary/aromatic N) is 2. The van der Waals surface area contributed by atoms with Crippen LogP contribution in [0.3, 0.4) is 0 Å². The summed E-state index contributed by atoms with van der Waals surface area (Å²) >= 11 is 2.27. The van der Waals surface area contributed by atoms with Crippen molar-refractivity contribution < 1.29 is 9.16 Å². The molecule has 0 N–H and O–H groups in total. The van der Waals surface area contributed by atoms with Gasteiger partial charge in [-0.1, -0.05) is 0 Å². The molecular weight excluding hydrogens is 443 g/mol. The van der Waals surface area contributed by atoms with Crippen LogP contribution in [0.2, 0.25) is 19.6 Å². The lowest BCUT2D eigenvalue weighted by Gasteiger charge is -2.18. The summed E-state index contributed by atoms with van der Waals surface area (Å²) in [6, 6.07) is 9.79. The second kappa shape index (κ2) is 8.14. The molecule has 0 aliphatic heterocycles. The number of aliphatic imine (C=N–C) groups is 1. The van der Waals surface area contributed by atoms with Crippen LogP contribution in [0.15, 0.2) is 47.8 Å². The lowest BCUT2D eigenvalue weighted by Crippen LogP contribution is -2.24. The molecule has 0 fully saturated rings. The maximum absolute atomic E-state index is 6.06. The van der Waals surface area contributed by atoms with Gasteiger partial charge in [0.05, 0.1) is 0 Å². The van der Waals surface area contributed by atoms with Gasteiger partial charge in [-0.3, -0.25) is 4.98 Å². The Labute approximate surface area is 164 Å². The highest BCUT2D eigenvalue weighted by Crippen LogP contribution is 2.27. The first kappa shape index (κ1) is 19.6. The molecule has 0 unspecified atom stereocenters. The van der Waals surface area contributed by atoms with Crippen LogP contribution >= 0.6 is 22.6 Å². The van der Waals surface area contributed by atoms with E-state index in [1.807, 2.05) is 44.2 Å².